The summed E-state index contributed by atoms with van der Waals surface area (Å²) in [5.41, 5.74) is -1.63. The quantitative estimate of drug-likeness (QED) is 0.377. The fourth-order valence-electron chi connectivity index (χ4n) is 2.98. The van der Waals surface area contributed by atoms with Gasteiger partial charge in [0.25, 0.3) is 17.3 Å². The van der Waals surface area contributed by atoms with Crippen LogP contribution in [0.1, 0.15) is 15.9 Å². The Morgan fingerprint density at radius 2 is 1.73 bits per heavy atom. The van der Waals surface area contributed by atoms with Crippen molar-refractivity contribution in [2.45, 2.75) is 13.6 Å². The summed E-state index contributed by atoms with van der Waals surface area (Å²) >= 11 is 0. The van der Waals surface area contributed by atoms with Crippen molar-refractivity contribution < 1.29 is 14.6 Å². The maximum Gasteiger partial charge on any atom is 0.318 e. The van der Waals surface area contributed by atoms with Crippen LogP contribution in [0.25, 0.3) is 11.0 Å². The zero-order valence-corrected chi connectivity index (χ0v) is 15.8. The number of carbonyl (C=O) groups is 1. The second kappa shape index (κ2) is 7.58. The average molecular weight is 413 g/mol. The van der Waals surface area contributed by atoms with Gasteiger partial charge < -0.3 is 9.88 Å². The van der Waals surface area contributed by atoms with Crippen molar-refractivity contribution in [2.24, 2.45) is 0 Å². The van der Waals surface area contributed by atoms with Gasteiger partial charge in [0.05, 0.1) is 20.9 Å². The van der Waals surface area contributed by atoms with Crippen molar-refractivity contribution in [2.75, 3.05) is 7.05 Å². The predicted octanol–water partition coefficient (Wildman–Crippen LogP) is 1.54. The van der Waals surface area contributed by atoms with E-state index in [1.807, 2.05) is 0 Å². The number of benzene rings is 2. The number of aromatic amines is 1. The SMILES string of the molecule is Cc1cc2[nH]c(=O)c(=O)n(CN(C)C(=O)c3ccc([N+](=O)[O-])cc3)c2cc1[N+](=O)[O-]. The zero-order valence-electron chi connectivity index (χ0n) is 15.8. The van der Waals surface area contributed by atoms with Crippen molar-refractivity contribution in [1.82, 2.24) is 14.5 Å². The first-order chi connectivity index (χ1) is 14.1. The Kier molecular flexibility index (Phi) is 5.15. The third kappa shape index (κ3) is 3.65. The first-order valence-corrected chi connectivity index (χ1v) is 8.52. The van der Waals surface area contributed by atoms with E-state index in [-0.39, 0.29) is 34.6 Å². The summed E-state index contributed by atoms with van der Waals surface area (Å²) in [7, 11) is 1.37. The molecule has 1 N–H and O–H groups in total. The molecule has 3 rings (SSSR count). The van der Waals surface area contributed by atoms with Gasteiger partial charge in [0.1, 0.15) is 6.67 Å². The first-order valence-electron chi connectivity index (χ1n) is 8.52. The van der Waals surface area contributed by atoms with Gasteiger partial charge in [0, 0.05) is 36.4 Å². The van der Waals surface area contributed by atoms with Crippen LogP contribution < -0.4 is 11.1 Å². The summed E-state index contributed by atoms with van der Waals surface area (Å²) < 4.78 is 0.962. The minimum atomic E-state index is -0.982. The Labute approximate surface area is 167 Å². The van der Waals surface area contributed by atoms with Gasteiger partial charge in [-0.1, -0.05) is 0 Å². The molecular formula is C18H15N5O7. The lowest BCUT2D eigenvalue weighted by molar-refractivity contribution is -0.385. The second-order valence-electron chi connectivity index (χ2n) is 6.55. The van der Waals surface area contributed by atoms with Crippen molar-refractivity contribution in [3.63, 3.8) is 0 Å². The Hall–Kier alpha value is -4.35. The molecule has 0 spiro atoms. The van der Waals surface area contributed by atoms with Gasteiger partial charge in [0.2, 0.25) is 0 Å². The van der Waals surface area contributed by atoms with Crippen LogP contribution >= 0.6 is 0 Å². The Morgan fingerprint density at radius 1 is 1.10 bits per heavy atom. The lowest BCUT2D eigenvalue weighted by Crippen LogP contribution is -2.41. The number of nitro benzene ring substituents is 2. The highest BCUT2D eigenvalue weighted by atomic mass is 16.6. The van der Waals surface area contributed by atoms with Crippen molar-refractivity contribution in [3.05, 3.63) is 88.5 Å². The topological polar surface area (TPSA) is 161 Å². The van der Waals surface area contributed by atoms with E-state index in [1.54, 1.807) is 0 Å². The number of nitrogens with one attached hydrogen (secondary N) is 1. The number of aromatic nitrogens is 2. The number of rotatable bonds is 5. The summed E-state index contributed by atoms with van der Waals surface area (Å²) in [6, 6.07) is 7.41. The number of hydrogen-bond acceptors (Lipinski definition) is 7. The van der Waals surface area contributed by atoms with E-state index in [9.17, 15) is 34.6 Å². The molecule has 0 fully saturated rings. The van der Waals surface area contributed by atoms with Crippen LogP contribution in [-0.4, -0.2) is 37.3 Å². The largest absolute Gasteiger partial charge is 0.323 e. The molecule has 0 saturated heterocycles. The van der Waals surface area contributed by atoms with Gasteiger partial charge in [-0.25, -0.2) is 0 Å². The van der Waals surface area contributed by atoms with Crippen molar-refractivity contribution in [1.29, 1.82) is 0 Å². The van der Waals surface area contributed by atoms with E-state index in [0.717, 1.165) is 15.5 Å². The van der Waals surface area contributed by atoms with E-state index in [4.69, 9.17) is 0 Å². The number of amides is 1. The third-order valence-electron chi connectivity index (χ3n) is 4.51. The van der Waals surface area contributed by atoms with Crippen LogP contribution in [0.4, 0.5) is 11.4 Å². The minimum absolute atomic E-state index is 0.0836. The standard InChI is InChI=1S/C18H15N5O7/c1-10-7-13-15(8-14(10)23(29)30)21(18(26)16(24)19-13)9-20(2)17(25)11-3-5-12(6-4-11)22(27)28/h3-8H,9H2,1-2H3,(H,19,24). The number of nitrogens with zero attached hydrogens (tertiary/aromatic N) is 4. The molecule has 0 saturated carbocycles. The van der Waals surface area contributed by atoms with Gasteiger partial charge in [-0.3, -0.25) is 39.2 Å². The Morgan fingerprint density at radius 3 is 2.30 bits per heavy atom. The van der Waals surface area contributed by atoms with Gasteiger partial charge in [0.15, 0.2) is 0 Å². The number of nitro groups is 2. The molecule has 154 valence electrons. The molecule has 0 bridgehead atoms. The summed E-state index contributed by atoms with van der Waals surface area (Å²) in [6.45, 7) is 1.13. The summed E-state index contributed by atoms with van der Waals surface area (Å²) in [5.74, 6) is -0.563. The van der Waals surface area contributed by atoms with Crippen LogP contribution in [-0.2, 0) is 6.67 Å². The molecule has 0 aliphatic heterocycles. The number of fused-ring (bicyclic) bond motifs is 1. The number of non-ortho nitro benzene ring substituents is 1. The molecule has 1 heterocycles. The average Bonchev–Trinajstić information content (AvgIpc) is 2.70. The first kappa shape index (κ1) is 20.4. The van der Waals surface area contributed by atoms with Gasteiger partial charge >= 0.3 is 11.1 Å². The maximum atomic E-state index is 12.6. The van der Waals surface area contributed by atoms with Gasteiger partial charge in [-0.05, 0) is 25.1 Å². The van der Waals surface area contributed by atoms with Crippen LogP contribution in [0.5, 0.6) is 0 Å². The molecule has 1 aromatic heterocycles. The highest BCUT2D eigenvalue weighted by molar-refractivity contribution is 5.94. The summed E-state index contributed by atoms with van der Waals surface area (Å²) in [6.07, 6.45) is 0. The molecular weight excluding hydrogens is 398 g/mol. The van der Waals surface area contributed by atoms with E-state index in [0.29, 0.717) is 5.56 Å². The lowest BCUT2D eigenvalue weighted by Gasteiger charge is -2.20. The maximum absolute atomic E-state index is 12.6. The van der Waals surface area contributed by atoms with Gasteiger partial charge in [-0.15, -0.1) is 0 Å². The fourth-order valence-corrected chi connectivity index (χ4v) is 2.98. The Balaban J connectivity index is 2.04. The van der Waals surface area contributed by atoms with E-state index in [2.05, 4.69) is 4.98 Å². The zero-order chi connectivity index (χ0) is 22.2. The molecule has 1 amide bonds. The van der Waals surface area contributed by atoms with Crippen LogP contribution in [0.2, 0.25) is 0 Å². The third-order valence-corrected chi connectivity index (χ3v) is 4.51. The number of carbonyl (C=O) groups excluding carboxylic acids is 1. The Bertz CT molecular complexity index is 1310. The van der Waals surface area contributed by atoms with Crippen molar-refractivity contribution in [3.8, 4) is 0 Å². The van der Waals surface area contributed by atoms with Gasteiger partial charge in [-0.2, -0.15) is 0 Å². The molecule has 12 nitrogen and oxygen atoms in total. The molecule has 2 aromatic carbocycles. The molecule has 3 aromatic rings. The molecule has 30 heavy (non-hydrogen) atoms. The number of hydrogen-bond donors (Lipinski definition) is 1. The molecule has 12 heteroatoms. The smallest absolute Gasteiger partial charge is 0.318 e. The highest BCUT2D eigenvalue weighted by Gasteiger charge is 2.19. The monoisotopic (exact) mass is 413 g/mol. The molecule has 0 aliphatic carbocycles. The van der Waals surface area contributed by atoms with Crippen molar-refractivity contribution >= 4 is 28.3 Å². The number of H-pyrrole nitrogens is 1. The number of aryl methyl sites for hydroxylation is 1. The summed E-state index contributed by atoms with van der Waals surface area (Å²) in [5, 5.41) is 22.0. The highest BCUT2D eigenvalue weighted by Crippen LogP contribution is 2.23. The lowest BCUT2D eigenvalue weighted by atomic mass is 10.1. The predicted molar refractivity (Wildman–Crippen MR) is 105 cm³/mol. The van der Waals surface area contributed by atoms with Crippen LogP contribution in [0, 0.1) is 27.2 Å². The summed E-state index contributed by atoms with van der Waals surface area (Å²) in [4.78, 5) is 61.3. The molecule has 0 radical (unpaired) electrons. The van der Waals surface area contributed by atoms with Crippen LogP contribution in [0.3, 0.4) is 0 Å². The molecule has 0 atom stereocenters. The molecule has 0 unspecified atom stereocenters. The van der Waals surface area contributed by atoms with E-state index < -0.39 is 26.9 Å². The second-order valence-corrected chi connectivity index (χ2v) is 6.55. The minimum Gasteiger partial charge on any atom is -0.323 e. The van der Waals surface area contributed by atoms with E-state index in [1.165, 1.54) is 44.3 Å². The fraction of sp³-hybridized carbons (Fsp3) is 0.167. The van der Waals surface area contributed by atoms with Crippen LogP contribution in [0.15, 0.2) is 46.0 Å². The van der Waals surface area contributed by atoms with E-state index >= 15 is 0 Å². The normalized spacial score (nSPS) is 10.7. The molecule has 0 aliphatic rings.